The smallest absolute Gasteiger partial charge is 0.0991 e. The van der Waals surface area contributed by atoms with E-state index in [0.29, 0.717) is 5.56 Å². The van der Waals surface area contributed by atoms with Crippen LogP contribution in [0.25, 0.3) is 0 Å². The third-order valence-corrected chi connectivity index (χ3v) is 2.44. The molecule has 0 saturated heterocycles. The van der Waals surface area contributed by atoms with Gasteiger partial charge in [-0.25, -0.2) is 0 Å². The van der Waals surface area contributed by atoms with Crippen LogP contribution in [0.1, 0.15) is 25.0 Å². The minimum Gasteiger partial charge on any atom is -0.281 e. The van der Waals surface area contributed by atoms with Gasteiger partial charge < -0.3 is 0 Å². The van der Waals surface area contributed by atoms with Gasteiger partial charge in [-0.1, -0.05) is 26.0 Å². The molecule has 0 bridgehead atoms. The number of nitrogens with zero attached hydrogens (tertiary/aromatic N) is 2. The Morgan fingerprint density at radius 1 is 1.40 bits per heavy atom. The number of nitriles is 1. The van der Waals surface area contributed by atoms with Crippen LogP contribution in [-0.2, 0) is 0 Å². The van der Waals surface area contributed by atoms with E-state index in [1.807, 2.05) is 38.3 Å². The van der Waals surface area contributed by atoms with E-state index >= 15 is 0 Å². The summed E-state index contributed by atoms with van der Waals surface area (Å²) in [6.45, 7) is 4.00. The Morgan fingerprint density at radius 3 is 2.53 bits per heavy atom. The summed E-state index contributed by atoms with van der Waals surface area (Å²) in [5, 5.41) is 9.65. The van der Waals surface area contributed by atoms with Gasteiger partial charge in [-0.15, -0.1) is 11.8 Å². The average molecular weight is 220 g/mol. The van der Waals surface area contributed by atoms with E-state index in [1.165, 1.54) is 0 Å². The zero-order valence-corrected chi connectivity index (χ0v) is 10.4. The molecule has 0 aromatic heterocycles. The Morgan fingerprint density at radius 2 is 2.07 bits per heavy atom. The van der Waals surface area contributed by atoms with Crippen LogP contribution in [0.5, 0.6) is 0 Å². The van der Waals surface area contributed by atoms with Crippen LogP contribution in [0.4, 0.5) is 0 Å². The van der Waals surface area contributed by atoms with Crippen molar-refractivity contribution in [3.8, 4) is 6.07 Å². The Kier molecular flexibility index (Phi) is 7.39. The molecule has 0 aliphatic rings. The standard InChI is InChI=1S/C10H10N2S.C2H6/c1-12-10(13-2)9-5-3-4-8(6-9)7-11;1-2/h3-6H,1-2H3;1-2H3. The third-order valence-electron chi connectivity index (χ3n) is 1.64. The molecule has 0 aliphatic heterocycles. The van der Waals surface area contributed by atoms with Gasteiger partial charge >= 0.3 is 0 Å². The van der Waals surface area contributed by atoms with Crippen LogP contribution in [0.2, 0.25) is 0 Å². The predicted molar refractivity (Wildman–Crippen MR) is 68.5 cm³/mol. The van der Waals surface area contributed by atoms with Gasteiger partial charge in [-0.2, -0.15) is 5.26 Å². The largest absolute Gasteiger partial charge is 0.281 e. The predicted octanol–water partition coefficient (Wildman–Crippen LogP) is 3.32. The molecular weight excluding hydrogens is 204 g/mol. The van der Waals surface area contributed by atoms with Crippen molar-refractivity contribution in [1.82, 2.24) is 0 Å². The van der Waals surface area contributed by atoms with Crippen molar-refractivity contribution in [2.24, 2.45) is 4.99 Å². The minimum absolute atomic E-state index is 0.674. The molecule has 1 rings (SSSR count). The highest BCUT2D eigenvalue weighted by Gasteiger charge is 2.00. The molecule has 0 spiro atoms. The molecule has 3 heteroatoms. The van der Waals surface area contributed by atoms with Crippen molar-refractivity contribution in [3.05, 3.63) is 35.4 Å². The lowest BCUT2D eigenvalue weighted by Gasteiger charge is -2.01. The maximum Gasteiger partial charge on any atom is 0.0991 e. The average Bonchev–Trinajstić information content (AvgIpc) is 2.33. The maximum absolute atomic E-state index is 8.69. The fraction of sp³-hybridized carbons (Fsp3) is 0.333. The van der Waals surface area contributed by atoms with E-state index in [4.69, 9.17) is 5.26 Å². The summed E-state index contributed by atoms with van der Waals surface area (Å²) in [5.74, 6) is 0. The second-order valence-electron chi connectivity index (χ2n) is 2.43. The monoisotopic (exact) mass is 220 g/mol. The molecule has 0 heterocycles. The number of hydrogen-bond acceptors (Lipinski definition) is 3. The second-order valence-corrected chi connectivity index (χ2v) is 3.22. The summed E-state index contributed by atoms with van der Waals surface area (Å²) in [7, 11) is 1.75. The first kappa shape index (κ1) is 13.7. The van der Waals surface area contributed by atoms with Crippen molar-refractivity contribution >= 4 is 16.8 Å². The third kappa shape index (κ3) is 4.18. The minimum atomic E-state index is 0.674. The fourth-order valence-corrected chi connectivity index (χ4v) is 1.61. The molecule has 0 atom stereocenters. The topological polar surface area (TPSA) is 36.1 Å². The number of benzene rings is 1. The number of thioether (sulfide) groups is 1. The van der Waals surface area contributed by atoms with E-state index in [1.54, 1.807) is 24.9 Å². The highest BCUT2D eigenvalue weighted by molar-refractivity contribution is 8.13. The zero-order valence-electron chi connectivity index (χ0n) is 9.61. The SMILES string of the molecule is CC.CN=C(SC)c1cccc(C#N)c1. The normalized spacial score (nSPS) is 9.93. The van der Waals surface area contributed by atoms with Gasteiger partial charge in [0.05, 0.1) is 16.7 Å². The fourth-order valence-electron chi connectivity index (χ4n) is 1.06. The number of aliphatic imine (C=N–C) groups is 1. The van der Waals surface area contributed by atoms with Gasteiger partial charge in [0, 0.05) is 12.6 Å². The molecule has 80 valence electrons. The summed E-state index contributed by atoms with van der Waals surface area (Å²) in [4.78, 5) is 4.12. The van der Waals surface area contributed by atoms with Crippen LogP contribution in [0.3, 0.4) is 0 Å². The molecule has 0 fully saturated rings. The van der Waals surface area contributed by atoms with E-state index in [-0.39, 0.29) is 0 Å². The summed E-state index contributed by atoms with van der Waals surface area (Å²) in [6.07, 6.45) is 1.97. The van der Waals surface area contributed by atoms with E-state index in [2.05, 4.69) is 11.1 Å². The van der Waals surface area contributed by atoms with Crippen molar-refractivity contribution in [2.75, 3.05) is 13.3 Å². The van der Waals surface area contributed by atoms with Crippen LogP contribution < -0.4 is 0 Å². The highest BCUT2D eigenvalue weighted by atomic mass is 32.2. The van der Waals surface area contributed by atoms with Crippen molar-refractivity contribution in [1.29, 1.82) is 5.26 Å². The highest BCUT2D eigenvalue weighted by Crippen LogP contribution is 2.12. The number of rotatable bonds is 1. The Hall–Kier alpha value is -1.27. The Labute approximate surface area is 96.0 Å². The Bertz CT molecular complexity index is 364. The maximum atomic E-state index is 8.69. The van der Waals surface area contributed by atoms with Gasteiger partial charge in [0.25, 0.3) is 0 Å². The van der Waals surface area contributed by atoms with Crippen molar-refractivity contribution < 1.29 is 0 Å². The quantitative estimate of drug-likeness (QED) is 0.537. The molecule has 2 nitrogen and oxygen atoms in total. The first-order valence-electron chi connectivity index (χ1n) is 4.83. The second kappa shape index (κ2) is 8.07. The molecule has 0 aliphatic carbocycles. The summed E-state index contributed by atoms with van der Waals surface area (Å²) in [6, 6.07) is 9.57. The molecule has 1 aromatic carbocycles. The lowest BCUT2D eigenvalue weighted by Crippen LogP contribution is -1.94. The van der Waals surface area contributed by atoms with Crippen LogP contribution >= 0.6 is 11.8 Å². The van der Waals surface area contributed by atoms with Gasteiger partial charge in [0.15, 0.2) is 0 Å². The van der Waals surface area contributed by atoms with Crippen LogP contribution in [0.15, 0.2) is 29.3 Å². The number of hydrogen-bond donors (Lipinski definition) is 0. The molecule has 0 unspecified atom stereocenters. The Balaban J connectivity index is 0.000000921. The molecule has 1 aromatic rings. The summed E-state index contributed by atoms with van der Waals surface area (Å²) in [5.41, 5.74) is 1.68. The summed E-state index contributed by atoms with van der Waals surface area (Å²) < 4.78 is 0. The molecule has 0 saturated carbocycles. The van der Waals surface area contributed by atoms with Gasteiger partial charge in [-0.3, -0.25) is 4.99 Å². The molecule has 0 N–H and O–H groups in total. The van der Waals surface area contributed by atoms with Crippen LogP contribution in [0, 0.1) is 11.3 Å². The lowest BCUT2D eigenvalue weighted by molar-refractivity contribution is 1.44. The van der Waals surface area contributed by atoms with Crippen molar-refractivity contribution in [2.45, 2.75) is 13.8 Å². The summed E-state index contributed by atoms with van der Waals surface area (Å²) >= 11 is 1.58. The first-order chi connectivity index (χ1) is 7.31. The zero-order chi connectivity index (χ0) is 11.7. The molecule has 0 amide bonds. The van der Waals surface area contributed by atoms with Crippen molar-refractivity contribution in [3.63, 3.8) is 0 Å². The van der Waals surface area contributed by atoms with E-state index in [9.17, 15) is 0 Å². The lowest BCUT2D eigenvalue weighted by atomic mass is 10.1. The first-order valence-corrected chi connectivity index (χ1v) is 6.05. The van der Waals surface area contributed by atoms with E-state index < -0.39 is 0 Å². The van der Waals surface area contributed by atoms with Gasteiger partial charge in [-0.05, 0) is 18.4 Å². The molecule has 0 radical (unpaired) electrons. The van der Waals surface area contributed by atoms with Crippen LogP contribution in [-0.4, -0.2) is 18.3 Å². The van der Waals surface area contributed by atoms with E-state index in [0.717, 1.165) is 10.6 Å². The molecule has 15 heavy (non-hydrogen) atoms. The van der Waals surface area contributed by atoms with Gasteiger partial charge in [0.1, 0.15) is 0 Å². The molecular formula is C12H16N2S. The van der Waals surface area contributed by atoms with Gasteiger partial charge in [0.2, 0.25) is 0 Å².